The third-order valence-corrected chi connectivity index (χ3v) is 4.32. The van der Waals surface area contributed by atoms with E-state index < -0.39 is 5.97 Å². The summed E-state index contributed by atoms with van der Waals surface area (Å²) in [5.41, 5.74) is 1.13. The second-order valence-corrected chi connectivity index (χ2v) is 5.74. The van der Waals surface area contributed by atoms with Gasteiger partial charge in [0.2, 0.25) is 0 Å². The number of hydrogen-bond donors (Lipinski definition) is 2. The lowest BCUT2D eigenvalue weighted by molar-refractivity contribution is -0.142. The van der Waals surface area contributed by atoms with Gasteiger partial charge in [-0.05, 0) is 43.0 Å². The number of benzene rings is 1. The minimum Gasteiger partial charge on any atom is -0.486 e. The summed E-state index contributed by atoms with van der Waals surface area (Å²) in [5, 5.41) is 12.5. The van der Waals surface area contributed by atoms with Gasteiger partial charge in [-0.2, -0.15) is 0 Å². The topological polar surface area (TPSA) is 67.8 Å². The summed E-state index contributed by atoms with van der Waals surface area (Å²) >= 11 is 0. The van der Waals surface area contributed by atoms with Gasteiger partial charge in [0.15, 0.2) is 11.5 Å². The van der Waals surface area contributed by atoms with E-state index >= 15 is 0 Å². The fourth-order valence-corrected chi connectivity index (χ4v) is 3.21. The summed E-state index contributed by atoms with van der Waals surface area (Å²) in [7, 11) is 0. The van der Waals surface area contributed by atoms with Gasteiger partial charge in [0.1, 0.15) is 13.2 Å². The lowest BCUT2D eigenvalue weighted by Crippen LogP contribution is -2.28. The molecule has 1 heterocycles. The van der Waals surface area contributed by atoms with E-state index in [-0.39, 0.29) is 11.8 Å². The van der Waals surface area contributed by atoms with E-state index in [1.54, 1.807) is 0 Å². The van der Waals surface area contributed by atoms with Gasteiger partial charge in [0.05, 0.1) is 5.92 Å². The molecule has 114 valence electrons. The molecule has 2 N–H and O–H groups in total. The second-order valence-electron chi connectivity index (χ2n) is 5.74. The number of carbonyl (C=O) groups is 1. The SMILES string of the molecule is O=C(O)C1CCCC1CNCc1ccc2c(c1)OCCO2. The molecule has 0 aromatic heterocycles. The predicted octanol–water partition coefficient (Wildman–Crippen LogP) is 2.05. The van der Waals surface area contributed by atoms with Crippen molar-refractivity contribution in [2.75, 3.05) is 19.8 Å². The Morgan fingerprint density at radius 3 is 2.86 bits per heavy atom. The van der Waals surface area contributed by atoms with Crippen molar-refractivity contribution in [3.8, 4) is 11.5 Å². The minimum absolute atomic E-state index is 0.183. The Morgan fingerprint density at radius 2 is 2.05 bits per heavy atom. The quantitative estimate of drug-likeness (QED) is 0.869. The standard InChI is InChI=1S/C16H21NO4/c18-16(19)13-3-1-2-12(13)10-17-9-11-4-5-14-15(8-11)21-7-6-20-14/h4-5,8,12-13,17H,1-3,6-7,9-10H2,(H,18,19). The van der Waals surface area contributed by atoms with E-state index in [4.69, 9.17) is 9.47 Å². The lowest BCUT2D eigenvalue weighted by Gasteiger charge is -2.19. The Kier molecular flexibility index (Phi) is 4.29. The zero-order valence-electron chi connectivity index (χ0n) is 12.0. The molecule has 1 fully saturated rings. The fraction of sp³-hybridized carbons (Fsp3) is 0.562. The number of nitrogens with one attached hydrogen (secondary N) is 1. The van der Waals surface area contributed by atoms with E-state index in [1.165, 1.54) is 0 Å². The second kappa shape index (κ2) is 6.35. The molecule has 5 heteroatoms. The average Bonchev–Trinajstić information content (AvgIpc) is 2.96. The third-order valence-electron chi connectivity index (χ3n) is 4.32. The monoisotopic (exact) mass is 291 g/mol. The molecule has 21 heavy (non-hydrogen) atoms. The number of fused-ring (bicyclic) bond motifs is 1. The molecule has 0 radical (unpaired) electrons. The highest BCUT2D eigenvalue weighted by Gasteiger charge is 2.32. The lowest BCUT2D eigenvalue weighted by atomic mass is 9.96. The molecule has 1 aromatic carbocycles. The Bertz CT molecular complexity index is 517. The first-order valence-corrected chi connectivity index (χ1v) is 7.56. The van der Waals surface area contributed by atoms with Crippen LogP contribution in [0.2, 0.25) is 0 Å². The van der Waals surface area contributed by atoms with Crippen molar-refractivity contribution < 1.29 is 19.4 Å². The van der Waals surface area contributed by atoms with E-state index in [0.717, 1.165) is 49.4 Å². The summed E-state index contributed by atoms with van der Waals surface area (Å²) in [6, 6.07) is 5.94. The van der Waals surface area contributed by atoms with Gasteiger partial charge in [-0.25, -0.2) is 0 Å². The maximum atomic E-state index is 11.1. The van der Waals surface area contributed by atoms with Gasteiger partial charge in [-0.15, -0.1) is 0 Å². The van der Waals surface area contributed by atoms with Crippen LogP contribution in [0.4, 0.5) is 0 Å². The molecule has 2 aliphatic rings. The van der Waals surface area contributed by atoms with Crippen LogP contribution < -0.4 is 14.8 Å². The summed E-state index contributed by atoms with van der Waals surface area (Å²) < 4.78 is 11.1. The summed E-state index contributed by atoms with van der Waals surface area (Å²) in [5.74, 6) is 1.01. The van der Waals surface area contributed by atoms with Gasteiger partial charge in [0.25, 0.3) is 0 Å². The third kappa shape index (κ3) is 3.29. The van der Waals surface area contributed by atoms with Gasteiger partial charge >= 0.3 is 5.97 Å². The zero-order valence-corrected chi connectivity index (χ0v) is 12.0. The summed E-state index contributed by atoms with van der Waals surface area (Å²) in [6.45, 7) is 2.67. The molecular formula is C16H21NO4. The van der Waals surface area contributed by atoms with Crippen molar-refractivity contribution in [1.82, 2.24) is 5.32 Å². The first-order valence-electron chi connectivity index (χ1n) is 7.56. The molecule has 1 saturated carbocycles. The highest BCUT2D eigenvalue weighted by molar-refractivity contribution is 5.70. The van der Waals surface area contributed by atoms with Crippen LogP contribution in [0.3, 0.4) is 0 Å². The molecule has 1 aliphatic heterocycles. The number of carboxylic acids is 1. The Morgan fingerprint density at radius 1 is 1.24 bits per heavy atom. The van der Waals surface area contributed by atoms with Crippen molar-refractivity contribution in [2.24, 2.45) is 11.8 Å². The van der Waals surface area contributed by atoms with Crippen molar-refractivity contribution in [3.63, 3.8) is 0 Å². The average molecular weight is 291 g/mol. The largest absolute Gasteiger partial charge is 0.486 e. The van der Waals surface area contributed by atoms with Crippen LogP contribution in [0.15, 0.2) is 18.2 Å². The maximum absolute atomic E-state index is 11.1. The van der Waals surface area contributed by atoms with E-state index in [1.807, 2.05) is 18.2 Å². The zero-order chi connectivity index (χ0) is 14.7. The van der Waals surface area contributed by atoms with Gasteiger partial charge in [0, 0.05) is 6.54 Å². The number of ether oxygens (including phenoxy) is 2. The van der Waals surface area contributed by atoms with Crippen molar-refractivity contribution >= 4 is 5.97 Å². The number of aliphatic carboxylic acids is 1. The van der Waals surface area contributed by atoms with E-state index in [2.05, 4.69) is 5.32 Å². The van der Waals surface area contributed by atoms with E-state index in [9.17, 15) is 9.90 Å². The summed E-state index contributed by atoms with van der Waals surface area (Å²) in [4.78, 5) is 11.1. The molecule has 0 spiro atoms. The van der Waals surface area contributed by atoms with E-state index in [0.29, 0.717) is 13.2 Å². The van der Waals surface area contributed by atoms with Crippen LogP contribution in [0, 0.1) is 11.8 Å². The van der Waals surface area contributed by atoms with Crippen LogP contribution in [0.5, 0.6) is 11.5 Å². The molecule has 1 aliphatic carbocycles. The molecule has 0 amide bonds. The van der Waals surface area contributed by atoms with Gasteiger partial charge in [-0.3, -0.25) is 4.79 Å². The molecule has 3 rings (SSSR count). The highest BCUT2D eigenvalue weighted by Crippen LogP contribution is 2.32. The predicted molar refractivity (Wildman–Crippen MR) is 77.6 cm³/mol. The Hall–Kier alpha value is -1.75. The molecule has 0 bridgehead atoms. The number of rotatable bonds is 5. The van der Waals surface area contributed by atoms with Crippen LogP contribution in [0.25, 0.3) is 0 Å². The maximum Gasteiger partial charge on any atom is 0.306 e. The first-order chi connectivity index (χ1) is 10.2. The molecule has 2 unspecified atom stereocenters. The van der Waals surface area contributed by atoms with Crippen LogP contribution in [0.1, 0.15) is 24.8 Å². The number of carboxylic acid groups (broad SMARTS) is 1. The van der Waals surface area contributed by atoms with Crippen molar-refractivity contribution in [3.05, 3.63) is 23.8 Å². The molecule has 5 nitrogen and oxygen atoms in total. The Labute approximate surface area is 124 Å². The molecule has 0 saturated heterocycles. The normalized spacial score (nSPS) is 24.0. The fourth-order valence-electron chi connectivity index (χ4n) is 3.21. The van der Waals surface area contributed by atoms with Gasteiger partial charge < -0.3 is 19.9 Å². The van der Waals surface area contributed by atoms with Crippen LogP contribution >= 0.6 is 0 Å². The summed E-state index contributed by atoms with van der Waals surface area (Å²) in [6.07, 6.45) is 2.84. The molecular weight excluding hydrogens is 270 g/mol. The molecule has 1 aromatic rings. The molecule has 2 atom stereocenters. The van der Waals surface area contributed by atoms with Crippen molar-refractivity contribution in [2.45, 2.75) is 25.8 Å². The van der Waals surface area contributed by atoms with Crippen LogP contribution in [-0.2, 0) is 11.3 Å². The van der Waals surface area contributed by atoms with Crippen LogP contribution in [-0.4, -0.2) is 30.8 Å². The highest BCUT2D eigenvalue weighted by atomic mass is 16.6. The first kappa shape index (κ1) is 14.2. The smallest absolute Gasteiger partial charge is 0.306 e. The Balaban J connectivity index is 1.52. The minimum atomic E-state index is -0.654. The number of hydrogen-bond acceptors (Lipinski definition) is 4. The van der Waals surface area contributed by atoms with Crippen molar-refractivity contribution in [1.29, 1.82) is 0 Å². The van der Waals surface area contributed by atoms with Gasteiger partial charge in [-0.1, -0.05) is 12.5 Å².